The lowest BCUT2D eigenvalue weighted by atomic mass is 9.90. The first-order chi connectivity index (χ1) is 14.6. The van der Waals surface area contributed by atoms with Crippen LogP contribution in [0.5, 0.6) is 0 Å². The number of benzene rings is 2. The second-order valence-electron chi connectivity index (χ2n) is 8.43. The Balaban J connectivity index is 1.59. The fourth-order valence-electron chi connectivity index (χ4n) is 5.10. The third-order valence-corrected chi connectivity index (χ3v) is 7.17. The zero-order chi connectivity index (χ0) is 20.7. The van der Waals surface area contributed by atoms with Crippen LogP contribution in [0.15, 0.2) is 54.6 Å². The standard InChI is InChI=1S/C25H26Cl2N2O/c26-19-11-9-17(10-12-19)24-15-18-16-28(23-7-3-4-8-25(23)30)14-13-21(18)29(24)22-6-2-1-5-20(22)27/h1-2,5-6,9-12,15,23,25,30H,3-4,7-8,13-14,16H2/t23-,25-/m1/s1. The molecule has 2 aromatic carbocycles. The molecule has 156 valence electrons. The Morgan fingerprint density at radius 3 is 2.47 bits per heavy atom. The van der Waals surface area contributed by atoms with Gasteiger partial charge in [0.1, 0.15) is 0 Å². The number of aromatic nitrogens is 1. The van der Waals surface area contributed by atoms with Crippen LogP contribution in [0.25, 0.3) is 16.9 Å². The number of rotatable bonds is 3. The fourth-order valence-corrected chi connectivity index (χ4v) is 5.45. The largest absolute Gasteiger partial charge is 0.391 e. The first-order valence-electron chi connectivity index (χ1n) is 10.8. The lowest BCUT2D eigenvalue weighted by Crippen LogP contribution is -2.47. The molecular weight excluding hydrogens is 415 g/mol. The van der Waals surface area contributed by atoms with Crippen LogP contribution in [0.3, 0.4) is 0 Å². The highest BCUT2D eigenvalue weighted by atomic mass is 35.5. The fraction of sp³-hybridized carbons (Fsp3) is 0.360. The molecule has 1 saturated carbocycles. The number of hydrogen-bond acceptors (Lipinski definition) is 2. The highest BCUT2D eigenvalue weighted by Gasteiger charge is 2.33. The van der Waals surface area contributed by atoms with Crippen LogP contribution >= 0.6 is 23.2 Å². The van der Waals surface area contributed by atoms with E-state index in [1.165, 1.54) is 17.7 Å². The Morgan fingerprint density at radius 1 is 0.933 bits per heavy atom. The first kappa shape index (κ1) is 20.1. The smallest absolute Gasteiger partial charge is 0.0695 e. The second-order valence-corrected chi connectivity index (χ2v) is 9.28. The van der Waals surface area contributed by atoms with E-state index in [1.807, 2.05) is 30.3 Å². The van der Waals surface area contributed by atoms with E-state index in [0.29, 0.717) is 0 Å². The molecule has 0 bridgehead atoms. The third-order valence-electron chi connectivity index (χ3n) is 6.60. The lowest BCUT2D eigenvalue weighted by Gasteiger charge is -2.39. The van der Waals surface area contributed by atoms with Crippen LogP contribution in [0.4, 0.5) is 0 Å². The van der Waals surface area contributed by atoms with Gasteiger partial charge in [0.05, 0.1) is 22.5 Å². The van der Waals surface area contributed by atoms with Crippen LogP contribution in [0.1, 0.15) is 36.9 Å². The van der Waals surface area contributed by atoms with E-state index < -0.39 is 0 Å². The molecule has 2 heterocycles. The molecule has 2 atom stereocenters. The molecule has 1 aliphatic carbocycles. The maximum absolute atomic E-state index is 10.6. The molecule has 0 saturated heterocycles. The van der Waals surface area contributed by atoms with E-state index in [4.69, 9.17) is 23.2 Å². The highest BCUT2D eigenvalue weighted by Crippen LogP contribution is 2.37. The predicted octanol–water partition coefficient (Wildman–Crippen LogP) is 6.11. The van der Waals surface area contributed by atoms with Crippen molar-refractivity contribution in [1.29, 1.82) is 0 Å². The van der Waals surface area contributed by atoms with E-state index in [2.05, 4.69) is 33.7 Å². The van der Waals surface area contributed by atoms with Gasteiger partial charge in [-0.1, -0.05) is 60.3 Å². The maximum atomic E-state index is 10.6. The van der Waals surface area contributed by atoms with Crippen molar-refractivity contribution in [2.75, 3.05) is 6.54 Å². The number of hydrogen-bond donors (Lipinski definition) is 1. The van der Waals surface area contributed by atoms with Gasteiger partial charge < -0.3 is 9.67 Å². The number of aliphatic hydroxyl groups excluding tert-OH is 1. The molecule has 1 aliphatic heterocycles. The van der Waals surface area contributed by atoms with Gasteiger partial charge in [0, 0.05) is 36.3 Å². The van der Waals surface area contributed by atoms with Gasteiger partial charge in [-0.05, 0) is 54.3 Å². The van der Waals surface area contributed by atoms with Crippen molar-refractivity contribution in [3.63, 3.8) is 0 Å². The van der Waals surface area contributed by atoms with E-state index in [0.717, 1.165) is 65.8 Å². The minimum absolute atomic E-state index is 0.207. The zero-order valence-corrected chi connectivity index (χ0v) is 18.4. The average molecular weight is 441 g/mol. The third kappa shape index (κ3) is 3.69. The molecule has 1 fully saturated rings. The quantitative estimate of drug-likeness (QED) is 0.531. The van der Waals surface area contributed by atoms with Gasteiger partial charge in [0.25, 0.3) is 0 Å². The number of aliphatic hydroxyl groups is 1. The summed E-state index contributed by atoms with van der Waals surface area (Å²) in [7, 11) is 0. The number of nitrogens with zero attached hydrogens (tertiary/aromatic N) is 2. The Hall–Kier alpha value is -1.78. The Bertz CT molecular complexity index is 1040. The molecule has 3 nitrogen and oxygen atoms in total. The normalized spacial score (nSPS) is 22.1. The SMILES string of the molecule is O[C@@H]1CCCC[C@H]1N1CCc2c(cc(-c3ccc(Cl)cc3)n2-c2ccccc2Cl)C1. The lowest BCUT2D eigenvalue weighted by molar-refractivity contribution is 0.0130. The van der Waals surface area contributed by atoms with Crippen molar-refractivity contribution < 1.29 is 5.11 Å². The van der Waals surface area contributed by atoms with Crippen LogP contribution < -0.4 is 0 Å². The van der Waals surface area contributed by atoms with Crippen LogP contribution in [-0.4, -0.2) is 33.3 Å². The second kappa shape index (κ2) is 8.39. The molecule has 1 aromatic heterocycles. The topological polar surface area (TPSA) is 28.4 Å². The Morgan fingerprint density at radius 2 is 1.70 bits per heavy atom. The Kier molecular flexibility index (Phi) is 5.63. The summed E-state index contributed by atoms with van der Waals surface area (Å²) < 4.78 is 2.32. The molecule has 2 aliphatic rings. The van der Waals surface area contributed by atoms with E-state index >= 15 is 0 Å². The number of fused-ring (bicyclic) bond motifs is 1. The summed E-state index contributed by atoms with van der Waals surface area (Å²) >= 11 is 12.8. The van der Waals surface area contributed by atoms with Crippen LogP contribution in [-0.2, 0) is 13.0 Å². The molecule has 3 aromatic rings. The van der Waals surface area contributed by atoms with Gasteiger partial charge in [0.15, 0.2) is 0 Å². The first-order valence-corrected chi connectivity index (χ1v) is 11.5. The summed E-state index contributed by atoms with van der Waals surface area (Å²) in [4.78, 5) is 2.48. The van der Waals surface area contributed by atoms with Crippen molar-refractivity contribution in [1.82, 2.24) is 9.47 Å². The number of halogens is 2. The molecule has 0 radical (unpaired) electrons. The monoisotopic (exact) mass is 440 g/mol. The number of para-hydroxylation sites is 1. The summed E-state index contributed by atoms with van der Waals surface area (Å²) in [5.41, 5.74) is 5.91. The van der Waals surface area contributed by atoms with Gasteiger partial charge in [-0.2, -0.15) is 0 Å². The van der Waals surface area contributed by atoms with Gasteiger partial charge in [-0.25, -0.2) is 0 Å². The summed E-state index contributed by atoms with van der Waals surface area (Å²) in [6.07, 6.45) is 5.09. The van der Waals surface area contributed by atoms with E-state index in [9.17, 15) is 5.11 Å². The highest BCUT2D eigenvalue weighted by molar-refractivity contribution is 6.32. The van der Waals surface area contributed by atoms with Gasteiger partial charge in [0.2, 0.25) is 0 Å². The Labute approximate surface area is 187 Å². The minimum atomic E-state index is -0.207. The van der Waals surface area contributed by atoms with Crippen molar-refractivity contribution in [2.45, 2.75) is 50.8 Å². The van der Waals surface area contributed by atoms with E-state index in [-0.39, 0.29) is 12.1 Å². The van der Waals surface area contributed by atoms with E-state index in [1.54, 1.807) is 0 Å². The summed E-state index contributed by atoms with van der Waals surface area (Å²) in [6, 6.07) is 18.6. The summed E-state index contributed by atoms with van der Waals surface area (Å²) in [5, 5.41) is 12.1. The van der Waals surface area contributed by atoms with Gasteiger partial charge in [-0.3, -0.25) is 4.90 Å². The molecule has 30 heavy (non-hydrogen) atoms. The van der Waals surface area contributed by atoms with Crippen LogP contribution in [0.2, 0.25) is 10.0 Å². The zero-order valence-electron chi connectivity index (χ0n) is 16.9. The predicted molar refractivity (Wildman–Crippen MR) is 124 cm³/mol. The minimum Gasteiger partial charge on any atom is -0.391 e. The average Bonchev–Trinajstić information content (AvgIpc) is 3.13. The van der Waals surface area contributed by atoms with Crippen molar-refractivity contribution in [3.8, 4) is 16.9 Å². The van der Waals surface area contributed by atoms with Crippen molar-refractivity contribution >= 4 is 23.2 Å². The van der Waals surface area contributed by atoms with Gasteiger partial charge >= 0.3 is 0 Å². The molecule has 0 unspecified atom stereocenters. The summed E-state index contributed by atoms with van der Waals surface area (Å²) in [5.74, 6) is 0. The molecular formula is C25H26Cl2N2O. The molecule has 0 spiro atoms. The maximum Gasteiger partial charge on any atom is 0.0695 e. The molecule has 1 N–H and O–H groups in total. The molecule has 0 amide bonds. The summed E-state index contributed by atoms with van der Waals surface area (Å²) in [6.45, 7) is 1.83. The van der Waals surface area contributed by atoms with Crippen molar-refractivity contribution in [3.05, 3.63) is 75.9 Å². The molecule has 5 heteroatoms. The van der Waals surface area contributed by atoms with Crippen LogP contribution in [0, 0.1) is 0 Å². The van der Waals surface area contributed by atoms with Crippen molar-refractivity contribution in [2.24, 2.45) is 0 Å². The van der Waals surface area contributed by atoms with Gasteiger partial charge in [-0.15, -0.1) is 0 Å². The molecule has 5 rings (SSSR count).